The first-order valence-electron chi connectivity index (χ1n) is 11.0. The monoisotopic (exact) mass is 441 g/mol. The van der Waals surface area contributed by atoms with Crippen LogP contribution in [-0.4, -0.2) is 48.9 Å². The van der Waals surface area contributed by atoms with Crippen molar-refractivity contribution >= 4 is 22.7 Å². The summed E-state index contributed by atoms with van der Waals surface area (Å²) in [5.74, 6) is -0.300. The number of nitrogens with one attached hydrogen (secondary N) is 2. The topological polar surface area (TPSA) is 103 Å². The second-order valence-corrected chi connectivity index (χ2v) is 8.70. The molecule has 2 aromatic heterocycles. The Kier molecular flexibility index (Phi) is 4.38. The highest BCUT2D eigenvalue weighted by atomic mass is 16.3. The fourth-order valence-electron chi connectivity index (χ4n) is 5.11. The Hall–Kier alpha value is -3.91. The average Bonchev–Trinajstić information content (AvgIpc) is 3.49. The van der Waals surface area contributed by atoms with E-state index in [1.165, 1.54) is 0 Å². The molecular formula is C25H23N5O3. The molecule has 8 heteroatoms. The van der Waals surface area contributed by atoms with Crippen molar-refractivity contribution in [3.05, 3.63) is 66.0 Å². The van der Waals surface area contributed by atoms with Gasteiger partial charge in [0.05, 0.1) is 17.9 Å². The minimum Gasteiger partial charge on any atom is -0.372 e. The minimum absolute atomic E-state index is 0.111. The highest BCUT2D eigenvalue weighted by Gasteiger charge is 2.39. The number of aromatic nitrogens is 3. The first-order valence-corrected chi connectivity index (χ1v) is 11.0. The molecule has 6 rings (SSSR count). The molecule has 2 aliphatic rings. The number of amides is 2. The minimum atomic E-state index is -1.05. The van der Waals surface area contributed by atoms with Gasteiger partial charge in [-0.1, -0.05) is 24.3 Å². The maximum absolute atomic E-state index is 13.1. The zero-order chi connectivity index (χ0) is 22.7. The smallest absolute Gasteiger partial charge is 0.254 e. The largest absolute Gasteiger partial charge is 0.372 e. The number of hydrogen-bond donors (Lipinski definition) is 3. The van der Waals surface area contributed by atoms with E-state index in [2.05, 4.69) is 21.5 Å². The zero-order valence-electron chi connectivity index (χ0n) is 18.1. The number of H-pyrrole nitrogens is 1. The highest BCUT2D eigenvalue weighted by molar-refractivity contribution is 6.01. The molecule has 166 valence electrons. The number of carbonyl (C=O) groups excluding carboxylic acids is 2. The predicted octanol–water partition coefficient (Wildman–Crippen LogP) is 2.79. The quantitative estimate of drug-likeness (QED) is 0.455. The summed E-state index contributed by atoms with van der Waals surface area (Å²) in [7, 11) is 1.93. The lowest BCUT2D eigenvalue weighted by Crippen LogP contribution is -2.55. The van der Waals surface area contributed by atoms with E-state index in [0.29, 0.717) is 24.9 Å². The summed E-state index contributed by atoms with van der Waals surface area (Å²) in [6.07, 6.45) is 3.57. The summed E-state index contributed by atoms with van der Waals surface area (Å²) in [4.78, 5) is 29.6. The van der Waals surface area contributed by atoms with Gasteiger partial charge in [0.1, 0.15) is 6.23 Å². The molecule has 2 aromatic carbocycles. The fourth-order valence-corrected chi connectivity index (χ4v) is 5.11. The van der Waals surface area contributed by atoms with E-state index >= 15 is 0 Å². The lowest BCUT2D eigenvalue weighted by Gasteiger charge is -2.35. The molecule has 0 aliphatic carbocycles. The van der Waals surface area contributed by atoms with Crippen LogP contribution in [0.2, 0.25) is 0 Å². The summed E-state index contributed by atoms with van der Waals surface area (Å²) >= 11 is 0. The number of hydrogen-bond acceptors (Lipinski definition) is 4. The molecule has 4 aromatic rings. The predicted molar refractivity (Wildman–Crippen MR) is 123 cm³/mol. The third-order valence-corrected chi connectivity index (χ3v) is 6.77. The van der Waals surface area contributed by atoms with Gasteiger partial charge in [0, 0.05) is 53.8 Å². The van der Waals surface area contributed by atoms with Gasteiger partial charge < -0.3 is 20.3 Å². The van der Waals surface area contributed by atoms with Crippen molar-refractivity contribution in [1.29, 1.82) is 0 Å². The number of nitrogens with zero attached hydrogens (tertiary/aromatic N) is 3. The second-order valence-electron chi connectivity index (χ2n) is 8.70. The standard InChI is InChI=1S/C25H23N5O3/c1-29-23(19-11-26-20-5-3-2-4-17(19)20)18(12-27-29)14-6-7-16-15(10-14)13-30(25(16)33)21-8-9-22(31)28-24(21)32/h2-7,10-12,21,24,26,32H,8-9,13H2,1H3,(H,28,31)/t21-,24?/m0/s1. The number of aliphatic hydroxyl groups is 1. The first-order chi connectivity index (χ1) is 16.0. The van der Waals surface area contributed by atoms with Crippen molar-refractivity contribution in [3.63, 3.8) is 0 Å². The zero-order valence-corrected chi connectivity index (χ0v) is 18.1. The number of carbonyl (C=O) groups is 2. The number of para-hydroxylation sites is 1. The summed E-state index contributed by atoms with van der Waals surface area (Å²) < 4.78 is 1.87. The highest BCUT2D eigenvalue weighted by Crippen LogP contribution is 2.38. The van der Waals surface area contributed by atoms with Crippen LogP contribution in [0.5, 0.6) is 0 Å². The number of aryl methyl sites for hydroxylation is 1. The van der Waals surface area contributed by atoms with Crippen molar-refractivity contribution in [2.24, 2.45) is 7.05 Å². The van der Waals surface area contributed by atoms with Gasteiger partial charge in [0.2, 0.25) is 5.91 Å². The van der Waals surface area contributed by atoms with Gasteiger partial charge >= 0.3 is 0 Å². The van der Waals surface area contributed by atoms with Crippen LogP contribution >= 0.6 is 0 Å². The van der Waals surface area contributed by atoms with Gasteiger partial charge in [-0.2, -0.15) is 5.10 Å². The molecule has 33 heavy (non-hydrogen) atoms. The van der Waals surface area contributed by atoms with Gasteiger partial charge in [0.25, 0.3) is 5.91 Å². The molecular weight excluding hydrogens is 418 g/mol. The summed E-state index contributed by atoms with van der Waals surface area (Å²) in [5.41, 5.74) is 6.65. The van der Waals surface area contributed by atoms with Crippen LogP contribution in [0.25, 0.3) is 33.3 Å². The molecule has 2 atom stereocenters. The van der Waals surface area contributed by atoms with Crippen molar-refractivity contribution in [2.75, 3.05) is 0 Å². The van der Waals surface area contributed by atoms with Gasteiger partial charge in [-0.15, -0.1) is 0 Å². The summed E-state index contributed by atoms with van der Waals surface area (Å²) in [6.45, 7) is 0.405. The maximum Gasteiger partial charge on any atom is 0.254 e. The Morgan fingerprint density at radius 1 is 1.09 bits per heavy atom. The fraction of sp³-hybridized carbons (Fsp3) is 0.240. The van der Waals surface area contributed by atoms with E-state index in [4.69, 9.17) is 0 Å². The van der Waals surface area contributed by atoms with Gasteiger partial charge in [-0.05, 0) is 35.7 Å². The molecule has 0 radical (unpaired) electrons. The van der Waals surface area contributed by atoms with Crippen LogP contribution < -0.4 is 5.32 Å². The number of piperidine rings is 1. The van der Waals surface area contributed by atoms with E-state index in [1.807, 2.05) is 60.5 Å². The molecule has 0 bridgehead atoms. The van der Waals surface area contributed by atoms with E-state index in [9.17, 15) is 14.7 Å². The molecule has 2 aliphatic heterocycles. The number of rotatable bonds is 3. The van der Waals surface area contributed by atoms with E-state index < -0.39 is 12.3 Å². The van der Waals surface area contributed by atoms with E-state index in [0.717, 1.165) is 38.9 Å². The van der Waals surface area contributed by atoms with Crippen LogP contribution in [0.1, 0.15) is 28.8 Å². The molecule has 1 saturated heterocycles. The van der Waals surface area contributed by atoms with Crippen molar-refractivity contribution < 1.29 is 14.7 Å². The number of fused-ring (bicyclic) bond motifs is 2. The normalized spacial score (nSPS) is 20.4. The van der Waals surface area contributed by atoms with Gasteiger partial charge in [-0.25, -0.2) is 0 Å². The lowest BCUT2D eigenvalue weighted by atomic mass is 9.98. The molecule has 0 spiro atoms. The number of aliphatic hydroxyl groups excluding tert-OH is 1. The molecule has 8 nitrogen and oxygen atoms in total. The third kappa shape index (κ3) is 3.06. The molecule has 3 N–H and O–H groups in total. The Morgan fingerprint density at radius 3 is 2.79 bits per heavy atom. The SMILES string of the molecule is Cn1ncc(-c2ccc3c(c2)CN([C@H]2CCC(=O)NC2O)C3=O)c1-c1c[nH]c2ccccc12. The van der Waals surface area contributed by atoms with Crippen molar-refractivity contribution in [1.82, 2.24) is 25.0 Å². The molecule has 1 fully saturated rings. The van der Waals surface area contributed by atoms with E-state index in [1.54, 1.807) is 4.90 Å². The van der Waals surface area contributed by atoms with E-state index in [-0.39, 0.29) is 11.8 Å². The Bertz CT molecular complexity index is 1420. The summed E-state index contributed by atoms with van der Waals surface area (Å²) in [5, 5.41) is 18.5. The van der Waals surface area contributed by atoms with Crippen molar-refractivity contribution in [3.8, 4) is 22.4 Å². The number of benzene rings is 2. The van der Waals surface area contributed by atoms with Crippen molar-refractivity contribution in [2.45, 2.75) is 31.7 Å². The van der Waals surface area contributed by atoms with Crippen LogP contribution in [0.15, 0.2) is 54.9 Å². The third-order valence-electron chi connectivity index (χ3n) is 6.77. The van der Waals surface area contributed by atoms with Crippen LogP contribution in [0.3, 0.4) is 0 Å². The Morgan fingerprint density at radius 2 is 1.94 bits per heavy atom. The summed E-state index contributed by atoms with van der Waals surface area (Å²) in [6, 6.07) is 13.6. The molecule has 4 heterocycles. The van der Waals surface area contributed by atoms with Crippen LogP contribution in [-0.2, 0) is 18.4 Å². The lowest BCUT2D eigenvalue weighted by molar-refractivity contribution is -0.129. The van der Waals surface area contributed by atoms with Gasteiger partial charge in [0.15, 0.2) is 0 Å². The van der Waals surface area contributed by atoms with Crippen LogP contribution in [0, 0.1) is 0 Å². The number of aromatic amines is 1. The average molecular weight is 441 g/mol. The second kappa shape index (κ2) is 7.31. The van der Waals surface area contributed by atoms with Crippen LogP contribution in [0.4, 0.5) is 0 Å². The van der Waals surface area contributed by atoms with Gasteiger partial charge in [-0.3, -0.25) is 14.3 Å². The molecule has 2 amide bonds. The first kappa shape index (κ1) is 19.8. The molecule has 1 unspecified atom stereocenters. The maximum atomic E-state index is 13.1. The Balaban J connectivity index is 1.37. The molecule has 0 saturated carbocycles. The Labute approximate surface area is 189 Å².